The number of aliphatic carboxylic acids is 1. The number of halogens is 4. The zero-order valence-electron chi connectivity index (χ0n) is 8.84. The number of carboxylic acid groups (broad SMARTS) is 1. The third-order valence-electron chi connectivity index (χ3n) is 2.19. The molecule has 0 bridgehead atoms. The molecule has 0 aliphatic rings. The first kappa shape index (κ1) is 15.0. The van der Waals surface area contributed by atoms with E-state index in [1.54, 1.807) is 0 Å². The van der Waals surface area contributed by atoms with Crippen LogP contribution >= 0.6 is 27.3 Å². The minimum Gasteiger partial charge on any atom is -0.479 e. The molecule has 0 saturated heterocycles. The van der Waals surface area contributed by atoms with Crippen molar-refractivity contribution in [3.63, 3.8) is 0 Å². The van der Waals surface area contributed by atoms with E-state index in [4.69, 9.17) is 5.11 Å². The second-order valence-corrected chi connectivity index (χ2v) is 5.81. The topological polar surface area (TPSA) is 66.4 Å². The molecule has 18 heavy (non-hydrogen) atoms. The Morgan fingerprint density at radius 2 is 2.00 bits per heavy atom. The monoisotopic (exact) mass is 345 g/mol. The van der Waals surface area contributed by atoms with Gasteiger partial charge in [-0.1, -0.05) is 0 Å². The van der Waals surface area contributed by atoms with Crippen molar-refractivity contribution < 1.29 is 27.9 Å². The van der Waals surface area contributed by atoms with Gasteiger partial charge < -0.3 is 10.4 Å². The Hall–Kier alpha value is -1.09. The van der Waals surface area contributed by atoms with Crippen LogP contribution in [0, 0.1) is 0 Å². The van der Waals surface area contributed by atoms with Gasteiger partial charge >= 0.3 is 12.1 Å². The number of carbonyl (C=O) groups is 2. The highest BCUT2D eigenvalue weighted by Gasteiger charge is 2.58. The van der Waals surface area contributed by atoms with Gasteiger partial charge in [-0.25, -0.2) is 4.79 Å². The molecule has 0 saturated carbocycles. The normalized spacial score (nSPS) is 14.9. The Balaban J connectivity index is 3.00. The van der Waals surface area contributed by atoms with E-state index in [1.807, 2.05) is 0 Å². The lowest BCUT2D eigenvalue weighted by Gasteiger charge is -2.28. The van der Waals surface area contributed by atoms with E-state index in [1.165, 1.54) is 16.8 Å². The molecule has 0 aromatic carbocycles. The van der Waals surface area contributed by atoms with Gasteiger partial charge in [-0.05, 0) is 28.9 Å². The fraction of sp³-hybridized carbons (Fsp3) is 0.333. The van der Waals surface area contributed by atoms with Gasteiger partial charge in [0, 0.05) is 5.38 Å². The molecule has 9 heteroatoms. The molecule has 1 rings (SSSR count). The average molecular weight is 346 g/mol. The summed E-state index contributed by atoms with van der Waals surface area (Å²) in [7, 11) is 0. The van der Waals surface area contributed by atoms with Crippen LogP contribution in [0.2, 0.25) is 0 Å². The Labute approximate surface area is 112 Å². The van der Waals surface area contributed by atoms with Crippen LogP contribution in [0.3, 0.4) is 0 Å². The number of carboxylic acids is 1. The van der Waals surface area contributed by atoms with Crippen molar-refractivity contribution in [1.29, 1.82) is 0 Å². The third-order valence-corrected chi connectivity index (χ3v) is 3.69. The summed E-state index contributed by atoms with van der Waals surface area (Å²) >= 11 is 4.15. The quantitative estimate of drug-likeness (QED) is 0.884. The summed E-state index contributed by atoms with van der Waals surface area (Å²) < 4.78 is 38.5. The van der Waals surface area contributed by atoms with Crippen molar-refractivity contribution in [2.45, 2.75) is 18.6 Å². The number of carbonyl (C=O) groups excluding carboxylic acids is 1. The van der Waals surface area contributed by atoms with Crippen LogP contribution in [-0.4, -0.2) is 28.7 Å². The van der Waals surface area contributed by atoms with E-state index in [-0.39, 0.29) is 5.56 Å². The van der Waals surface area contributed by atoms with E-state index in [0.717, 1.165) is 11.3 Å². The maximum atomic E-state index is 12.6. The second kappa shape index (κ2) is 4.88. The van der Waals surface area contributed by atoms with Crippen LogP contribution in [0.15, 0.2) is 15.2 Å². The zero-order valence-corrected chi connectivity index (χ0v) is 11.2. The van der Waals surface area contributed by atoms with Crippen molar-refractivity contribution in [2.24, 2.45) is 0 Å². The highest BCUT2D eigenvalue weighted by molar-refractivity contribution is 9.11. The molecule has 0 fully saturated rings. The van der Waals surface area contributed by atoms with Gasteiger partial charge in [0.05, 0.1) is 9.35 Å². The molecule has 0 aliphatic carbocycles. The van der Waals surface area contributed by atoms with Crippen molar-refractivity contribution in [3.05, 3.63) is 20.8 Å². The molecule has 1 unspecified atom stereocenters. The predicted molar refractivity (Wildman–Crippen MR) is 61.6 cm³/mol. The highest BCUT2D eigenvalue weighted by Crippen LogP contribution is 2.31. The van der Waals surface area contributed by atoms with Crippen molar-refractivity contribution in [3.8, 4) is 0 Å². The fourth-order valence-corrected chi connectivity index (χ4v) is 2.11. The number of alkyl halides is 3. The molecule has 2 N–H and O–H groups in total. The number of rotatable bonds is 3. The lowest BCUT2D eigenvalue weighted by atomic mass is 10.0. The molecule has 1 atom stereocenters. The van der Waals surface area contributed by atoms with Gasteiger partial charge in [-0.2, -0.15) is 13.2 Å². The van der Waals surface area contributed by atoms with Crippen LogP contribution in [-0.2, 0) is 4.79 Å². The zero-order chi connectivity index (χ0) is 14.1. The van der Waals surface area contributed by atoms with E-state index in [2.05, 4.69) is 15.9 Å². The molecule has 4 nitrogen and oxygen atoms in total. The Morgan fingerprint density at radius 3 is 2.33 bits per heavy atom. The predicted octanol–water partition coefficient (Wildman–Crippen LogP) is 2.65. The standard InChI is InChI=1S/C9H7BrF3NO3S/c1-8(7(16)17,9(11,12)13)14-6(15)4-2-5(10)18-3-4/h2-3H,1H3,(H,14,15)(H,16,17). The lowest BCUT2D eigenvalue weighted by molar-refractivity contribution is -0.203. The summed E-state index contributed by atoms with van der Waals surface area (Å²) in [5.41, 5.74) is -3.36. The molecule has 1 aromatic heterocycles. The van der Waals surface area contributed by atoms with Crippen LogP contribution < -0.4 is 5.32 Å². The first-order valence-corrected chi connectivity index (χ1v) is 6.12. The fourth-order valence-electron chi connectivity index (χ4n) is 0.974. The summed E-state index contributed by atoms with van der Waals surface area (Å²) in [5, 5.41) is 11.4. The van der Waals surface area contributed by atoms with E-state index >= 15 is 0 Å². The third kappa shape index (κ3) is 2.83. The SMILES string of the molecule is CC(NC(=O)c1csc(Br)c1)(C(=O)O)C(F)(F)F. The Morgan fingerprint density at radius 1 is 1.44 bits per heavy atom. The Kier molecular flexibility index (Phi) is 4.06. The molecule has 0 spiro atoms. The largest absolute Gasteiger partial charge is 0.479 e. The van der Waals surface area contributed by atoms with Crippen LogP contribution in [0.4, 0.5) is 13.2 Å². The van der Waals surface area contributed by atoms with Gasteiger partial charge in [-0.15, -0.1) is 11.3 Å². The molecule has 0 aliphatic heterocycles. The van der Waals surface area contributed by atoms with E-state index in [0.29, 0.717) is 10.7 Å². The molecular weight excluding hydrogens is 339 g/mol. The van der Waals surface area contributed by atoms with Crippen molar-refractivity contribution in [1.82, 2.24) is 5.32 Å². The minimum absolute atomic E-state index is 0.0383. The van der Waals surface area contributed by atoms with Gasteiger partial charge in [0.2, 0.25) is 5.54 Å². The number of hydrogen-bond donors (Lipinski definition) is 2. The van der Waals surface area contributed by atoms with Crippen LogP contribution in [0.25, 0.3) is 0 Å². The number of hydrogen-bond acceptors (Lipinski definition) is 3. The maximum Gasteiger partial charge on any atom is 0.422 e. The summed E-state index contributed by atoms with van der Waals surface area (Å²) in [5.74, 6) is -3.27. The second-order valence-electron chi connectivity index (χ2n) is 3.52. The summed E-state index contributed by atoms with van der Waals surface area (Å²) in [6.07, 6.45) is -5.10. The first-order valence-electron chi connectivity index (χ1n) is 4.44. The number of nitrogens with one attached hydrogen (secondary N) is 1. The average Bonchev–Trinajstić information content (AvgIpc) is 2.62. The number of thiophene rings is 1. The highest BCUT2D eigenvalue weighted by atomic mass is 79.9. The van der Waals surface area contributed by atoms with Gasteiger partial charge in [-0.3, -0.25) is 4.79 Å². The van der Waals surface area contributed by atoms with Crippen molar-refractivity contribution >= 4 is 39.1 Å². The molecular formula is C9H7BrF3NO3S. The lowest BCUT2D eigenvalue weighted by Crippen LogP contribution is -2.61. The van der Waals surface area contributed by atoms with Gasteiger partial charge in [0.15, 0.2) is 0 Å². The molecule has 0 radical (unpaired) electrons. The number of amides is 1. The molecule has 1 heterocycles. The molecule has 100 valence electrons. The summed E-state index contributed by atoms with van der Waals surface area (Å²) in [6.45, 7) is 0.397. The minimum atomic E-state index is -5.10. The molecule has 1 amide bonds. The summed E-state index contributed by atoms with van der Waals surface area (Å²) in [4.78, 5) is 22.2. The van der Waals surface area contributed by atoms with Crippen molar-refractivity contribution in [2.75, 3.05) is 0 Å². The van der Waals surface area contributed by atoms with Gasteiger partial charge in [0.25, 0.3) is 5.91 Å². The van der Waals surface area contributed by atoms with E-state index in [9.17, 15) is 22.8 Å². The van der Waals surface area contributed by atoms with Crippen LogP contribution in [0.5, 0.6) is 0 Å². The Bertz CT molecular complexity index is 488. The maximum absolute atomic E-state index is 12.6. The summed E-state index contributed by atoms with van der Waals surface area (Å²) in [6, 6.07) is 1.30. The van der Waals surface area contributed by atoms with E-state index < -0.39 is 23.6 Å². The van der Waals surface area contributed by atoms with Gasteiger partial charge in [0.1, 0.15) is 0 Å². The molecule has 1 aromatic rings. The first-order chi connectivity index (χ1) is 8.08. The smallest absolute Gasteiger partial charge is 0.422 e. The van der Waals surface area contributed by atoms with Crippen LogP contribution in [0.1, 0.15) is 17.3 Å².